The summed E-state index contributed by atoms with van der Waals surface area (Å²) in [4.78, 5) is 23.3. The number of halogens is 2. The number of hydrogen-bond acceptors (Lipinski definition) is 3. The number of fused-ring (bicyclic) bond motifs is 1. The lowest BCUT2D eigenvalue weighted by atomic mass is 9.95. The molecule has 0 radical (unpaired) electrons. The molecule has 0 aliphatic carbocycles. The van der Waals surface area contributed by atoms with E-state index in [1.54, 1.807) is 12.3 Å². The number of carbonyl (C=O) groups is 2. The lowest BCUT2D eigenvalue weighted by Crippen LogP contribution is -2.25. The van der Waals surface area contributed by atoms with Gasteiger partial charge in [0.1, 0.15) is 10.8 Å². The van der Waals surface area contributed by atoms with Crippen molar-refractivity contribution in [2.24, 2.45) is 0 Å². The van der Waals surface area contributed by atoms with Gasteiger partial charge in [-0.3, -0.25) is 14.2 Å². The highest BCUT2D eigenvalue weighted by Gasteiger charge is 2.24. The number of rotatable bonds is 6. The molecule has 7 heteroatoms. The number of benzene rings is 1. The molecule has 0 spiro atoms. The highest BCUT2D eigenvalue weighted by Crippen LogP contribution is 2.39. The number of ether oxygens (including phenoxy) is 1. The van der Waals surface area contributed by atoms with E-state index in [2.05, 4.69) is 5.32 Å². The molecule has 1 atom stereocenters. The Kier molecular flexibility index (Phi) is 6.29. The SMILES string of the molecule is CCC(CNC(C)=O)c1cn(C(C)=O)c2c(F)c(Cl)c(OC(C)C)cc12. The van der Waals surface area contributed by atoms with Crippen LogP contribution < -0.4 is 10.1 Å². The third-order valence-corrected chi connectivity index (χ3v) is 4.55. The Bertz CT molecular complexity index is 845. The zero-order chi connectivity index (χ0) is 19.6. The van der Waals surface area contributed by atoms with Crippen LogP contribution in [0.5, 0.6) is 5.75 Å². The average molecular weight is 383 g/mol. The van der Waals surface area contributed by atoms with Gasteiger partial charge in [0.15, 0.2) is 5.82 Å². The van der Waals surface area contributed by atoms with Crippen LogP contribution in [0.2, 0.25) is 5.02 Å². The second kappa shape index (κ2) is 8.08. The van der Waals surface area contributed by atoms with Gasteiger partial charge in [0.2, 0.25) is 11.8 Å². The van der Waals surface area contributed by atoms with Gasteiger partial charge in [0.05, 0.1) is 11.6 Å². The fourth-order valence-corrected chi connectivity index (χ4v) is 3.17. The maximum atomic E-state index is 15.0. The van der Waals surface area contributed by atoms with Crippen LogP contribution in [-0.4, -0.2) is 29.0 Å². The van der Waals surface area contributed by atoms with Crippen molar-refractivity contribution in [2.45, 2.75) is 53.1 Å². The lowest BCUT2D eigenvalue weighted by molar-refractivity contribution is -0.119. The second-order valence-electron chi connectivity index (χ2n) is 6.58. The van der Waals surface area contributed by atoms with Crippen molar-refractivity contribution in [1.82, 2.24) is 9.88 Å². The topological polar surface area (TPSA) is 60.3 Å². The molecule has 0 bridgehead atoms. The van der Waals surface area contributed by atoms with Crippen LogP contribution in [0.25, 0.3) is 10.9 Å². The van der Waals surface area contributed by atoms with Gasteiger partial charge in [-0.25, -0.2) is 4.39 Å². The first kappa shape index (κ1) is 20.2. The van der Waals surface area contributed by atoms with E-state index in [-0.39, 0.29) is 40.1 Å². The molecular weight excluding hydrogens is 359 g/mol. The van der Waals surface area contributed by atoms with E-state index in [0.29, 0.717) is 18.4 Å². The monoisotopic (exact) mass is 382 g/mol. The molecule has 2 rings (SSSR count). The molecule has 142 valence electrons. The number of hydrogen-bond donors (Lipinski definition) is 1. The predicted octanol–water partition coefficient (Wildman–Crippen LogP) is 4.51. The number of aromatic nitrogens is 1. The standard InChI is InChI=1S/C19H24ClFN2O3/c1-6-13(8-22-11(4)24)15-9-23(12(5)25)19-14(15)7-16(26-10(2)3)17(20)18(19)21/h7,9-10,13H,6,8H2,1-5H3,(H,22,24). The van der Waals surface area contributed by atoms with Gasteiger partial charge >= 0.3 is 0 Å². The number of amides is 1. The molecule has 0 saturated carbocycles. The van der Waals surface area contributed by atoms with Crippen molar-refractivity contribution in [3.05, 3.63) is 28.7 Å². The highest BCUT2D eigenvalue weighted by molar-refractivity contribution is 6.33. The van der Waals surface area contributed by atoms with Crippen molar-refractivity contribution in [2.75, 3.05) is 6.54 Å². The molecule has 0 fully saturated rings. The molecule has 1 heterocycles. The van der Waals surface area contributed by atoms with Crippen molar-refractivity contribution in [1.29, 1.82) is 0 Å². The van der Waals surface area contributed by atoms with Crippen LogP contribution in [-0.2, 0) is 4.79 Å². The van der Waals surface area contributed by atoms with Crippen molar-refractivity contribution in [3.63, 3.8) is 0 Å². The molecule has 1 aromatic carbocycles. The van der Waals surface area contributed by atoms with E-state index in [1.165, 1.54) is 18.4 Å². The van der Waals surface area contributed by atoms with E-state index in [9.17, 15) is 14.0 Å². The minimum atomic E-state index is -0.685. The molecule has 0 saturated heterocycles. The van der Waals surface area contributed by atoms with Gasteiger partial charge in [-0.1, -0.05) is 18.5 Å². The molecule has 1 aromatic heterocycles. The lowest BCUT2D eigenvalue weighted by Gasteiger charge is -2.16. The van der Waals surface area contributed by atoms with Crippen LogP contribution >= 0.6 is 11.6 Å². The van der Waals surface area contributed by atoms with E-state index in [0.717, 1.165) is 5.56 Å². The third kappa shape index (κ3) is 4.01. The summed E-state index contributed by atoms with van der Waals surface area (Å²) in [5.74, 6) is -0.978. The van der Waals surface area contributed by atoms with Crippen LogP contribution in [0.1, 0.15) is 57.3 Å². The van der Waals surface area contributed by atoms with E-state index < -0.39 is 5.82 Å². The Morgan fingerprint density at radius 3 is 2.50 bits per heavy atom. The molecule has 1 unspecified atom stereocenters. The predicted molar refractivity (Wildman–Crippen MR) is 101 cm³/mol. The Morgan fingerprint density at radius 1 is 1.35 bits per heavy atom. The quantitative estimate of drug-likeness (QED) is 0.799. The fraction of sp³-hybridized carbons (Fsp3) is 0.474. The first-order valence-electron chi connectivity index (χ1n) is 8.62. The average Bonchev–Trinajstić information content (AvgIpc) is 2.92. The van der Waals surface area contributed by atoms with Gasteiger partial charge in [-0.15, -0.1) is 0 Å². The molecule has 26 heavy (non-hydrogen) atoms. The van der Waals surface area contributed by atoms with Gasteiger partial charge in [-0.05, 0) is 31.9 Å². The molecule has 1 N–H and O–H groups in total. The zero-order valence-corrected chi connectivity index (χ0v) is 16.4. The van der Waals surface area contributed by atoms with Crippen molar-refractivity contribution < 1.29 is 18.7 Å². The summed E-state index contributed by atoms with van der Waals surface area (Å²) in [5.41, 5.74) is 0.908. The minimum absolute atomic E-state index is 0.0746. The Balaban J connectivity index is 2.71. The van der Waals surface area contributed by atoms with Crippen LogP contribution in [0, 0.1) is 5.82 Å². The molecule has 5 nitrogen and oxygen atoms in total. The van der Waals surface area contributed by atoms with Crippen LogP contribution in [0.3, 0.4) is 0 Å². The summed E-state index contributed by atoms with van der Waals surface area (Å²) in [7, 11) is 0. The summed E-state index contributed by atoms with van der Waals surface area (Å²) < 4.78 is 21.9. The largest absolute Gasteiger partial charge is 0.489 e. The molecule has 2 aromatic rings. The number of nitrogens with one attached hydrogen (secondary N) is 1. The van der Waals surface area contributed by atoms with Gasteiger partial charge in [0.25, 0.3) is 0 Å². The Labute approximate surface area is 157 Å². The molecular formula is C19H24ClFN2O3. The fourth-order valence-electron chi connectivity index (χ4n) is 2.98. The Morgan fingerprint density at radius 2 is 2.00 bits per heavy atom. The Hall–Kier alpha value is -2.08. The van der Waals surface area contributed by atoms with Gasteiger partial charge in [0, 0.05) is 37.9 Å². The molecule has 1 amide bonds. The second-order valence-corrected chi connectivity index (χ2v) is 6.96. The third-order valence-electron chi connectivity index (χ3n) is 4.20. The van der Waals surface area contributed by atoms with Crippen molar-refractivity contribution >= 4 is 34.3 Å². The maximum absolute atomic E-state index is 15.0. The smallest absolute Gasteiger partial charge is 0.228 e. The van der Waals surface area contributed by atoms with Crippen molar-refractivity contribution in [3.8, 4) is 5.75 Å². The normalized spacial score (nSPS) is 12.5. The van der Waals surface area contributed by atoms with Gasteiger partial charge in [-0.2, -0.15) is 0 Å². The molecule has 0 aliphatic rings. The van der Waals surface area contributed by atoms with E-state index >= 15 is 0 Å². The summed E-state index contributed by atoms with van der Waals surface area (Å²) >= 11 is 6.14. The van der Waals surface area contributed by atoms with E-state index in [1.807, 2.05) is 20.8 Å². The highest BCUT2D eigenvalue weighted by atomic mass is 35.5. The minimum Gasteiger partial charge on any atom is -0.489 e. The maximum Gasteiger partial charge on any atom is 0.228 e. The summed E-state index contributed by atoms with van der Waals surface area (Å²) in [6.07, 6.45) is 2.16. The summed E-state index contributed by atoms with van der Waals surface area (Å²) in [5, 5.41) is 3.21. The van der Waals surface area contributed by atoms with Gasteiger partial charge < -0.3 is 10.1 Å². The number of carbonyl (C=O) groups excluding carboxylic acids is 2. The summed E-state index contributed by atoms with van der Waals surface area (Å²) in [6, 6.07) is 1.67. The van der Waals surface area contributed by atoms with E-state index in [4.69, 9.17) is 16.3 Å². The first-order chi connectivity index (χ1) is 12.2. The first-order valence-corrected chi connectivity index (χ1v) is 9.00. The van der Waals surface area contributed by atoms with Crippen LogP contribution in [0.4, 0.5) is 4.39 Å². The van der Waals surface area contributed by atoms with Crippen LogP contribution in [0.15, 0.2) is 12.3 Å². The zero-order valence-electron chi connectivity index (χ0n) is 15.7. The summed E-state index contributed by atoms with van der Waals surface area (Å²) in [6.45, 7) is 8.83. The number of nitrogens with zero attached hydrogens (tertiary/aromatic N) is 1. The molecule has 0 aliphatic heterocycles.